The predicted octanol–water partition coefficient (Wildman–Crippen LogP) is 3.28. The van der Waals surface area contributed by atoms with Gasteiger partial charge in [-0.3, -0.25) is 0 Å². The molecular formula is C18H23N3O3S. The minimum absolute atomic E-state index is 0.265. The first kappa shape index (κ1) is 16.6. The minimum Gasteiger partial charge on any atom is -0.467 e. The number of carboxylic acid groups (broad SMARTS) is 1. The van der Waals surface area contributed by atoms with Gasteiger partial charge in [0.1, 0.15) is 6.10 Å². The first-order valence-corrected chi connectivity index (χ1v) is 9.76. The Kier molecular flexibility index (Phi) is 4.76. The molecule has 0 spiro atoms. The van der Waals surface area contributed by atoms with Gasteiger partial charge in [-0.25, -0.2) is 9.78 Å². The van der Waals surface area contributed by atoms with Gasteiger partial charge in [-0.1, -0.05) is 17.4 Å². The number of hydrogen-bond acceptors (Lipinski definition) is 5. The summed E-state index contributed by atoms with van der Waals surface area (Å²) in [6.45, 7) is 3.25. The topological polar surface area (TPSA) is 74.7 Å². The number of likely N-dealkylation sites (tertiary alicyclic amines) is 1. The molecule has 7 heteroatoms. The molecule has 6 nitrogen and oxygen atoms in total. The van der Waals surface area contributed by atoms with Crippen molar-refractivity contribution in [1.82, 2.24) is 15.2 Å². The molecule has 0 saturated carbocycles. The lowest BCUT2D eigenvalue weighted by atomic mass is 9.89. The molecule has 1 aromatic heterocycles. The van der Waals surface area contributed by atoms with Crippen molar-refractivity contribution in [1.29, 1.82) is 0 Å². The summed E-state index contributed by atoms with van der Waals surface area (Å²) in [6, 6.07) is 6.42. The van der Waals surface area contributed by atoms with Gasteiger partial charge in [-0.15, -0.1) is 0 Å². The Bertz CT molecular complexity index is 749. The Morgan fingerprint density at radius 2 is 2.00 bits per heavy atom. The van der Waals surface area contributed by atoms with Crippen molar-refractivity contribution in [3.05, 3.63) is 23.8 Å². The highest BCUT2D eigenvalue weighted by Gasteiger charge is 2.24. The number of ether oxygens (including phenoxy) is 1. The number of fused-ring (bicyclic) bond motifs is 1. The monoisotopic (exact) mass is 361 g/mol. The maximum atomic E-state index is 11.0. The Balaban J connectivity index is 1.46. The van der Waals surface area contributed by atoms with Gasteiger partial charge in [-0.05, 0) is 62.4 Å². The zero-order valence-electron chi connectivity index (χ0n) is 14.1. The number of nitrogens with zero attached hydrogens (tertiary/aromatic N) is 2. The molecule has 2 N–H and O–H groups in total. The quantitative estimate of drug-likeness (QED) is 0.877. The standard InChI is InChI=1S/C18H23N3O3S/c22-18(23)21-9-5-12(6-10-21)13-1-2-15-16(11-13)25-17(20-15)24-14-3-7-19-8-4-14/h1-2,11-12,14,19H,3-10H2,(H,22,23). The van der Waals surface area contributed by atoms with E-state index in [1.165, 1.54) is 10.5 Å². The Morgan fingerprint density at radius 1 is 1.24 bits per heavy atom. The van der Waals surface area contributed by atoms with Crippen LogP contribution < -0.4 is 10.1 Å². The highest BCUT2D eigenvalue weighted by Crippen LogP contribution is 2.34. The third-order valence-corrected chi connectivity index (χ3v) is 6.09. The molecule has 25 heavy (non-hydrogen) atoms. The van der Waals surface area contributed by atoms with Crippen LogP contribution in [0.4, 0.5) is 4.79 Å². The predicted molar refractivity (Wildman–Crippen MR) is 97.7 cm³/mol. The van der Waals surface area contributed by atoms with Crippen LogP contribution in [-0.2, 0) is 0 Å². The van der Waals surface area contributed by atoms with E-state index < -0.39 is 6.09 Å². The second-order valence-corrected chi connectivity index (χ2v) is 7.81. The molecule has 0 aliphatic carbocycles. The molecule has 2 saturated heterocycles. The summed E-state index contributed by atoms with van der Waals surface area (Å²) in [7, 11) is 0. The average Bonchev–Trinajstić information content (AvgIpc) is 3.04. The molecular weight excluding hydrogens is 338 g/mol. The van der Waals surface area contributed by atoms with Crippen molar-refractivity contribution < 1.29 is 14.6 Å². The number of piperidine rings is 2. The van der Waals surface area contributed by atoms with Crippen molar-refractivity contribution in [2.75, 3.05) is 26.2 Å². The Hall–Kier alpha value is -1.86. The van der Waals surface area contributed by atoms with Gasteiger partial charge >= 0.3 is 6.09 Å². The van der Waals surface area contributed by atoms with Crippen LogP contribution in [-0.4, -0.2) is 53.4 Å². The third kappa shape index (κ3) is 3.72. The number of aromatic nitrogens is 1. The van der Waals surface area contributed by atoms with E-state index in [-0.39, 0.29) is 6.10 Å². The number of thiazole rings is 1. The minimum atomic E-state index is -0.809. The fourth-order valence-electron chi connectivity index (χ4n) is 3.68. The van der Waals surface area contributed by atoms with E-state index in [1.54, 1.807) is 11.3 Å². The summed E-state index contributed by atoms with van der Waals surface area (Å²) in [5.74, 6) is 0.427. The van der Waals surface area contributed by atoms with Crippen LogP contribution in [0.2, 0.25) is 0 Å². The van der Waals surface area contributed by atoms with Crippen molar-refractivity contribution in [2.45, 2.75) is 37.7 Å². The second kappa shape index (κ2) is 7.17. The molecule has 3 heterocycles. The highest BCUT2D eigenvalue weighted by molar-refractivity contribution is 7.20. The summed E-state index contributed by atoms with van der Waals surface area (Å²) in [6.07, 6.45) is 3.29. The van der Waals surface area contributed by atoms with Crippen LogP contribution in [0.25, 0.3) is 10.2 Å². The molecule has 4 rings (SSSR count). The van der Waals surface area contributed by atoms with Crippen LogP contribution in [0, 0.1) is 0 Å². The van der Waals surface area contributed by atoms with Gasteiger partial charge in [0.05, 0.1) is 10.2 Å². The average molecular weight is 361 g/mol. The number of benzene rings is 1. The number of carbonyl (C=O) groups is 1. The highest BCUT2D eigenvalue weighted by atomic mass is 32.1. The molecule has 0 unspecified atom stereocenters. The van der Waals surface area contributed by atoms with Gasteiger partial charge in [0, 0.05) is 13.1 Å². The molecule has 2 fully saturated rings. The first-order valence-electron chi connectivity index (χ1n) is 8.95. The van der Waals surface area contributed by atoms with E-state index in [1.807, 2.05) is 0 Å². The van der Waals surface area contributed by atoms with Crippen molar-refractivity contribution in [3.63, 3.8) is 0 Å². The van der Waals surface area contributed by atoms with E-state index in [2.05, 4.69) is 28.5 Å². The van der Waals surface area contributed by atoms with E-state index in [9.17, 15) is 4.79 Å². The van der Waals surface area contributed by atoms with Crippen molar-refractivity contribution in [3.8, 4) is 5.19 Å². The van der Waals surface area contributed by atoms with Gasteiger partial charge in [0.25, 0.3) is 5.19 Å². The molecule has 0 radical (unpaired) electrons. The van der Waals surface area contributed by atoms with Crippen molar-refractivity contribution >= 4 is 27.6 Å². The Labute approximate surface area is 150 Å². The third-order valence-electron chi connectivity index (χ3n) is 5.18. The maximum absolute atomic E-state index is 11.0. The summed E-state index contributed by atoms with van der Waals surface area (Å²) >= 11 is 1.62. The van der Waals surface area contributed by atoms with E-state index in [4.69, 9.17) is 9.84 Å². The van der Waals surface area contributed by atoms with Crippen LogP contribution in [0.15, 0.2) is 18.2 Å². The zero-order chi connectivity index (χ0) is 17.2. The fraction of sp³-hybridized carbons (Fsp3) is 0.556. The largest absolute Gasteiger partial charge is 0.467 e. The number of rotatable bonds is 3. The van der Waals surface area contributed by atoms with Gasteiger partial charge in [-0.2, -0.15) is 0 Å². The van der Waals surface area contributed by atoms with Gasteiger partial charge in [0.2, 0.25) is 0 Å². The number of hydrogen-bond donors (Lipinski definition) is 2. The summed E-state index contributed by atoms with van der Waals surface area (Å²) in [4.78, 5) is 17.2. The lowest BCUT2D eigenvalue weighted by molar-refractivity contribution is 0.132. The lowest BCUT2D eigenvalue weighted by Crippen LogP contribution is -2.36. The number of nitrogens with one attached hydrogen (secondary N) is 1. The summed E-state index contributed by atoms with van der Waals surface area (Å²) < 4.78 is 7.22. The van der Waals surface area contributed by atoms with E-state index >= 15 is 0 Å². The van der Waals surface area contributed by atoms with Gasteiger partial charge in [0.15, 0.2) is 0 Å². The molecule has 2 aliphatic rings. The number of amides is 1. The van der Waals surface area contributed by atoms with Crippen molar-refractivity contribution in [2.24, 2.45) is 0 Å². The maximum Gasteiger partial charge on any atom is 0.407 e. The molecule has 1 aromatic carbocycles. The van der Waals surface area contributed by atoms with E-state index in [0.29, 0.717) is 19.0 Å². The van der Waals surface area contributed by atoms with Crippen LogP contribution in [0.3, 0.4) is 0 Å². The zero-order valence-corrected chi connectivity index (χ0v) is 14.9. The van der Waals surface area contributed by atoms with Crippen LogP contribution >= 0.6 is 11.3 Å². The molecule has 0 bridgehead atoms. The smallest absolute Gasteiger partial charge is 0.407 e. The van der Waals surface area contributed by atoms with Gasteiger partial charge < -0.3 is 20.1 Å². The van der Waals surface area contributed by atoms with E-state index in [0.717, 1.165) is 54.2 Å². The SMILES string of the molecule is O=C(O)N1CCC(c2ccc3nc(OC4CCNCC4)sc3c2)CC1. The van der Waals surface area contributed by atoms with Crippen LogP contribution in [0.5, 0.6) is 5.19 Å². The lowest BCUT2D eigenvalue weighted by Gasteiger charge is -2.30. The first-order chi connectivity index (χ1) is 12.2. The summed E-state index contributed by atoms with van der Waals surface area (Å²) in [5.41, 5.74) is 2.27. The molecule has 1 amide bonds. The Morgan fingerprint density at radius 3 is 2.72 bits per heavy atom. The summed E-state index contributed by atoms with van der Waals surface area (Å²) in [5, 5.41) is 13.2. The molecule has 2 aromatic rings. The van der Waals surface area contributed by atoms with Crippen LogP contribution in [0.1, 0.15) is 37.2 Å². The fourth-order valence-corrected chi connectivity index (χ4v) is 4.61. The molecule has 0 atom stereocenters. The molecule has 2 aliphatic heterocycles. The normalized spacial score (nSPS) is 20.1. The molecule has 134 valence electrons. The second-order valence-electron chi connectivity index (χ2n) is 6.82.